The van der Waals surface area contributed by atoms with Crippen LogP contribution >= 0.6 is 23.1 Å². The Balaban J connectivity index is 1.47. The first-order valence-corrected chi connectivity index (χ1v) is 10.1. The second-order valence-corrected chi connectivity index (χ2v) is 7.43. The molecule has 2 aromatic heterocycles. The van der Waals surface area contributed by atoms with E-state index in [1.807, 2.05) is 59.0 Å². The van der Waals surface area contributed by atoms with E-state index < -0.39 is 0 Å². The summed E-state index contributed by atoms with van der Waals surface area (Å²) in [7, 11) is 1.61. The van der Waals surface area contributed by atoms with Gasteiger partial charge in [0.15, 0.2) is 5.16 Å². The number of rotatable bonds is 6. The van der Waals surface area contributed by atoms with Gasteiger partial charge in [0.05, 0.1) is 18.6 Å². The van der Waals surface area contributed by atoms with Gasteiger partial charge in [0, 0.05) is 11.1 Å². The molecule has 0 saturated carbocycles. The molecule has 0 unspecified atom stereocenters. The maximum absolute atomic E-state index is 12.3. The molecule has 0 radical (unpaired) electrons. The van der Waals surface area contributed by atoms with Crippen molar-refractivity contribution in [2.24, 2.45) is 0 Å². The van der Waals surface area contributed by atoms with Crippen molar-refractivity contribution >= 4 is 39.7 Å². The van der Waals surface area contributed by atoms with Crippen molar-refractivity contribution in [2.45, 2.75) is 5.16 Å². The fraction of sp³-hybridized carbons (Fsp3) is 0.105. The molecule has 27 heavy (non-hydrogen) atoms. The van der Waals surface area contributed by atoms with Crippen LogP contribution in [0.1, 0.15) is 0 Å². The standard InChI is InChI=1S/C19H16N4O2S2/c1-25-15-9-7-14(8-10-15)20-17(24)12-27-19-22-21-18-23(19)16(11-26-18)13-5-3-2-4-6-13/h2-11H,12H2,1H3,(H,20,24). The Morgan fingerprint density at radius 3 is 2.67 bits per heavy atom. The van der Waals surface area contributed by atoms with Gasteiger partial charge in [0.25, 0.3) is 0 Å². The van der Waals surface area contributed by atoms with Crippen molar-refractivity contribution in [3.63, 3.8) is 0 Å². The molecule has 0 aliphatic carbocycles. The second-order valence-electron chi connectivity index (χ2n) is 5.65. The number of anilines is 1. The van der Waals surface area contributed by atoms with E-state index in [-0.39, 0.29) is 11.7 Å². The number of hydrogen-bond acceptors (Lipinski definition) is 6. The van der Waals surface area contributed by atoms with Gasteiger partial charge in [-0.05, 0) is 29.8 Å². The summed E-state index contributed by atoms with van der Waals surface area (Å²) in [6.07, 6.45) is 0. The van der Waals surface area contributed by atoms with E-state index in [9.17, 15) is 4.79 Å². The number of benzene rings is 2. The zero-order valence-corrected chi connectivity index (χ0v) is 16.1. The van der Waals surface area contributed by atoms with E-state index in [2.05, 4.69) is 20.9 Å². The number of carbonyl (C=O) groups is 1. The molecule has 0 spiro atoms. The van der Waals surface area contributed by atoms with Gasteiger partial charge < -0.3 is 10.1 Å². The van der Waals surface area contributed by atoms with Gasteiger partial charge in [-0.2, -0.15) is 0 Å². The van der Waals surface area contributed by atoms with E-state index in [1.54, 1.807) is 7.11 Å². The molecule has 0 atom stereocenters. The lowest BCUT2D eigenvalue weighted by molar-refractivity contribution is -0.113. The van der Waals surface area contributed by atoms with Crippen molar-refractivity contribution in [2.75, 3.05) is 18.2 Å². The first-order valence-electron chi connectivity index (χ1n) is 8.19. The summed E-state index contributed by atoms with van der Waals surface area (Å²) in [4.78, 5) is 13.1. The number of thioether (sulfide) groups is 1. The number of nitrogens with zero attached hydrogens (tertiary/aromatic N) is 3. The van der Waals surface area contributed by atoms with Gasteiger partial charge in [0.1, 0.15) is 5.75 Å². The number of aromatic nitrogens is 3. The minimum atomic E-state index is -0.0987. The van der Waals surface area contributed by atoms with E-state index in [0.29, 0.717) is 5.16 Å². The van der Waals surface area contributed by atoms with E-state index in [1.165, 1.54) is 23.1 Å². The maximum Gasteiger partial charge on any atom is 0.234 e. The fourth-order valence-electron chi connectivity index (χ4n) is 2.60. The molecule has 0 aliphatic heterocycles. The molecule has 8 heteroatoms. The number of nitrogens with one attached hydrogen (secondary N) is 1. The number of carbonyl (C=O) groups excluding carboxylic acids is 1. The predicted molar refractivity (Wildman–Crippen MR) is 109 cm³/mol. The fourth-order valence-corrected chi connectivity index (χ4v) is 4.24. The zero-order chi connectivity index (χ0) is 18.6. The summed E-state index contributed by atoms with van der Waals surface area (Å²) < 4.78 is 7.11. The quantitative estimate of drug-likeness (QED) is 0.495. The number of thiazole rings is 1. The van der Waals surface area contributed by atoms with Crippen LogP contribution < -0.4 is 10.1 Å². The van der Waals surface area contributed by atoms with E-state index in [4.69, 9.17) is 4.74 Å². The Labute approximate surface area is 164 Å². The van der Waals surface area contributed by atoms with Crippen LogP contribution in [0.25, 0.3) is 16.2 Å². The normalized spacial score (nSPS) is 10.9. The number of ether oxygens (including phenoxy) is 1. The SMILES string of the molecule is COc1ccc(NC(=O)CSc2nnc3scc(-c4ccccc4)n23)cc1. The third-order valence-electron chi connectivity index (χ3n) is 3.90. The summed E-state index contributed by atoms with van der Waals surface area (Å²) in [5.74, 6) is 0.897. The summed E-state index contributed by atoms with van der Waals surface area (Å²) in [5, 5.41) is 14.1. The van der Waals surface area contributed by atoms with Gasteiger partial charge in [-0.25, -0.2) is 0 Å². The third kappa shape index (κ3) is 3.81. The molecule has 0 fully saturated rings. The Kier molecular flexibility index (Phi) is 5.08. The highest BCUT2D eigenvalue weighted by atomic mass is 32.2. The highest BCUT2D eigenvalue weighted by molar-refractivity contribution is 7.99. The smallest absolute Gasteiger partial charge is 0.234 e. The minimum Gasteiger partial charge on any atom is -0.497 e. The van der Waals surface area contributed by atoms with Crippen molar-refractivity contribution in [1.29, 1.82) is 0 Å². The Morgan fingerprint density at radius 1 is 1.15 bits per heavy atom. The van der Waals surface area contributed by atoms with Gasteiger partial charge in [-0.3, -0.25) is 9.20 Å². The van der Waals surface area contributed by atoms with Crippen LogP contribution in [0.2, 0.25) is 0 Å². The predicted octanol–water partition coefficient (Wildman–Crippen LogP) is 4.20. The molecule has 0 aliphatic rings. The van der Waals surface area contributed by atoms with Gasteiger partial charge in [-0.15, -0.1) is 21.5 Å². The topological polar surface area (TPSA) is 68.5 Å². The average Bonchev–Trinajstić information content (AvgIpc) is 3.30. The van der Waals surface area contributed by atoms with Crippen LogP contribution in [0.15, 0.2) is 65.1 Å². The zero-order valence-electron chi connectivity index (χ0n) is 14.5. The molecule has 1 N–H and O–H groups in total. The summed E-state index contributed by atoms with van der Waals surface area (Å²) in [5.41, 5.74) is 2.85. The molecule has 1 amide bonds. The number of methoxy groups -OCH3 is 1. The number of amides is 1. The van der Waals surface area contributed by atoms with E-state index in [0.717, 1.165) is 27.7 Å². The Hall–Kier alpha value is -2.84. The van der Waals surface area contributed by atoms with Crippen LogP contribution in [-0.2, 0) is 4.79 Å². The monoisotopic (exact) mass is 396 g/mol. The number of hydrogen-bond donors (Lipinski definition) is 1. The van der Waals surface area contributed by atoms with Crippen LogP contribution in [-0.4, -0.2) is 33.4 Å². The van der Waals surface area contributed by atoms with Crippen molar-refractivity contribution in [1.82, 2.24) is 14.6 Å². The van der Waals surface area contributed by atoms with Gasteiger partial charge in [-0.1, -0.05) is 42.1 Å². The van der Waals surface area contributed by atoms with Crippen LogP contribution in [0.4, 0.5) is 5.69 Å². The van der Waals surface area contributed by atoms with Crippen molar-refractivity contribution in [3.8, 4) is 17.0 Å². The van der Waals surface area contributed by atoms with Crippen LogP contribution in [0.5, 0.6) is 5.75 Å². The number of fused-ring (bicyclic) bond motifs is 1. The molecule has 136 valence electrons. The third-order valence-corrected chi connectivity index (χ3v) is 5.64. The summed E-state index contributed by atoms with van der Waals surface area (Å²) >= 11 is 2.90. The highest BCUT2D eigenvalue weighted by Crippen LogP contribution is 2.29. The summed E-state index contributed by atoms with van der Waals surface area (Å²) in [6.45, 7) is 0. The van der Waals surface area contributed by atoms with Crippen molar-refractivity contribution in [3.05, 3.63) is 60.0 Å². The Bertz CT molecular complexity index is 1060. The van der Waals surface area contributed by atoms with Gasteiger partial charge in [0.2, 0.25) is 10.9 Å². The average molecular weight is 396 g/mol. The van der Waals surface area contributed by atoms with E-state index >= 15 is 0 Å². The molecule has 4 rings (SSSR count). The lowest BCUT2D eigenvalue weighted by atomic mass is 10.2. The lowest BCUT2D eigenvalue weighted by Crippen LogP contribution is -2.14. The molecule has 4 aromatic rings. The highest BCUT2D eigenvalue weighted by Gasteiger charge is 2.15. The molecular weight excluding hydrogens is 380 g/mol. The largest absolute Gasteiger partial charge is 0.497 e. The van der Waals surface area contributed by atoms with Crippen LogP contribution in [0, 0.1) is 0 Å². The first-order chi connectivity index (χ1) is 13.2. The van der Waals surface area contributed by atoms with Crippen LogP contribution in [0.3, 0.4) is 0 Å². The molecule has 2 aromatic carbocycles. The molecule has 2 heterocycles. The molecular formula is C19H16N4O2S2. The Morgan fingerprint density at radius 2 is 1.93 bits per heavy atom. The molecule has 6 nitrogen and oxygen atoms in total. The molecule has 0 bridgehead atoms. The first kappa shape index (κ1) is 17.6. The maximum atomic E-state index is 12.3. The van der Waals surface area contributed by atoms with Crippen molar-refractivity contribution < 1.29 is 9.53 Å². The summed E-state index contributed by atoms with van der Waals surface area (Å²) in [6, 6.07) is 17.3. The van der Waals surface area contributed by atoms with Gasteiger partial charge >= 0.3 is 0 Å². The molecule has 0 saturated heterocycles. The second kappa shape index (κ2) is 7.81. The lowest BCUT2D eigenvalue weighted by Gasteiger charge is -2.06. The minimum absolute atomic E-state index is 0.0987.